The van der Waals surface area contributed by atoms with Gasteiger partial charge in [0.2, 0.25) is 0 Å². The van der Waals surface area contributed by atoms with Gasteiger partial charge in [0.05, 0.1) is 16.0 Å². The largest absolute Gasteiger partial charge is 0.268 e. The van der Waals surface area contributed by atoms with Crippen molar-refractivity contribution in [2.75, 3.05) is 0 Å². The lowest BCUT2D eigenvalue weighted by molar-refractivity contribution is 0.588. The van der Waals surface area contributed by atoms with E-state index in [4.69, 9.17) is 0 Å². The van der Waals surface area contributed by atoms with E-state index in [-0.39, 0.29) is 21.4 Å². The summed E-state index contributed by atoms with van der Waals surface area (Å²) in [6, 6.07) is 12.2. The van der Waals surface area contributed by atoms with E-state index in [1.54, 1.807) is 19.1 Å². The van der Waals surface area contributed by atoms with E-state index in [1.165, 1.54) is 30.3 Å². The summed E-state index contributed by atoms with van der Waals surface area (Å²) in [5.74, 6) is -0.556. The predicted octanol–water partition coefficient (Wildman–Crippen LogP) is 3.51. The minimum Gasteiger partial charge on any atom is -0.237 e. The zero-order chi connectivity index (χ0) is 16.8. The molecular weight excluding hydrogens is 315 g/mol. The van der Waals surface area contributed by atoms with Crippen molar-refractivity contribution >= 4 is 20.9 Å². The Labute approximate surface area is 133 Å². The fraction of sp³-hybridized carbons (Fsp3) is 0.118. The normalized spacial score (nSPS) is 11.6. The van der Waals surface area contributed by atoms with Crippen LogP contribution in [0.25, 0.3) is 10.9 Å². The van der Waals surface area contributed by atoms with Gasteiger partial charge in [-0.25, -0.2) is 16.8 Å². The monoisotopic (exact) mass is 328 g/mol. The summed E-state index contributed by atoms with van der Waals surface area (Å²) in [5.41, 5.74) is 1.47. The third kappa shape index (κ3) is 2.30. The lowest BCUT2D eigenvalue weighted by Crippen LogP contribution is -2.14. The fourth-order valence-corrected chi connectivity index (χ4v) is 4.16. The maximum absolute atomic E-state index is 14.0. The van der Waals surface area contributed by atoms with Gasteiger partial charge in [-0.3, -0.25) is 0 Å². The van der Waals surface area contributed by atoms with Crippen molar-refractivity contribution < 1.29 is 12.8 Å². The zero-order valence-corrected chi connectivity index (χ0v) is 13.4. The molecule has 4 nitrogen and oxygen atoms in total. The molecule has 23 heavy (non-hydrogen) atoms. The molecule has 6 heteroatoms. The third-order valence-corrected chi connectivity index (χ3v) is 5.54. The first-order valence-corrected chi connectivity index (χ1v) is 8.33. The average Bonchev–Trinajstić information content (AvgIpc) is 2.87. The van der Waals surface area contributed by atoms with E-state index in [1.807, 2.05) is 13.0 Å². The molecule has 0 N–H and O–H groups in total. The summed E-state index contributed by atoms with van der Waals surface area (Å²) in [6.45, 7) is 3.43. The van der Waals surface area contributed by atoms with E-state index in [0.717, 1.165) is 9.54 Å². The van der Waals surface area contributed by atoms with Gasteiger partial charge in [-0.1, -0.05) is 17.7 Å². The van der Waals surface area contributed by atoms with E-state index in [2.05, 4.69) is 0 Å². The van der Waals surface area contributed by atoms with Crippen LogP contribution in [0.2, 0.25) is 0 Å². The minimum absolute atomic E-state index is 0.0746. The second-order valence-electron chi connectivity index (χ2n) is 5.34. The molecule has 0 amide bonds. The third-order valence-electron chi connectivity index (χ3n) is 3.72. The van der Waals surface area contributed by atoms with E-state index >= 15 is 0 Å². The van der Waals surface area contributed by atoms with Crippen molar-refractivity contribution in [3.8, 4) is 6.07 Å². The number of aromatic nitrogens is 1. The SMILES string of the molecule is Cc1ccc(S(=O)(=O)n2c(C)cc3c(F)ccc(C#N)c32)cc1. The molecule has 3 rings (SSSR count). The van der Waals surface area contributed by atoms with Gasteiger partial charge in [-0.2, -0.15) is 5.26 Å². The number of nitriles is 1. The standard InChI is InChI=1S/C17H13FN2O2S/c1-11-3-6-14(7-4-11)23(21,22)20-12(2)9-15-16(18)8-5-13(10-19)17(15)20/h3-9H,1-2H3. The van der Waals surface area contributed by atoms with E-state index in [9.17, 15) is 18.1 Å². The molecule has 0 radical (unpaired) electrons. The molecule has 0 aliphatic carbocycles. The van der Waals surface area contributed by atoms with Crippen LogP contribution in [0.5, 0.6) is 0 Å². The Kier molecular flexibility index (Phi) is 3.46. The van der Waals surface area contributed by atoms with Gasteiger partial charge < -0.3 is 0 Å². The van der Waals surface area contributed by atoms with Gasteiger partial charge in [0.15, 0.2) is 0 Å². The summed E-state index contributed by atoms with van der Waals surface area (Å²) in [4.78, 5) is 0.0943. The zero-order valence-electron chi connectivity index (χ0n) is 12.5. The molecule has 2 aromatic carbocycles. The van der Waals surface area contributed by atoms with Crippen LogP contribution in [-0.4, -0.2) is 12.4 Å². The average molecular weight is 328 g/mol. The molecule has 1 aromatic heterocycles. The first kappa shape index (κ1) is 15.3. The Hall–Kier alpha value is -2.65. The van der Waals surface area contributed by atoms with Crippen LogP contribution < -0.4 is 0 Å². The van der Waals surface area contributed by atoms with Crippen LogP contribution in [0.3, 0.4) is 0 Å². The molecule has 0 aliphatic rings. The van der Waals surface area contributed by atoms with Crippen molar-refractivity contribution in [1.29, 1.82) is 5.26 Å². The second kappa shape index (κ2) is 5.21. The predicted molar refractivity (Wildman–Crippen MR) is 85.1 cm³/mol. The first-order valence-electron chi connectivity index (χ1n) is 6.89. The molecular formula is C17H13FN2O2S. The molecule has 3 aromatic rings. The van der Waals surface area contributed by atoms with Gasteiger partial charge in [-0.05, 0) is 44.2 Å². The van der Waals surface area contributed by atoms with Crippen LogP contribution >= 0.6 is 0 Å². The number of hydrogen-bond acceptors (Lipinski definition) is 3. The van der Waals surface area contributed by atoms with Crippen LogP contribution in [0.1, 0.15) is 16.8 Å². The quantitative estimate of drug-likeness (QED) is 0.723. The lowest BCUT2D eigenvalue weighted by Gasteiger charge is -2.11. The minimum atomic E-state index is -3.92. The number of nitrogens with zero attached hydrogens (tertiary/aromatic N) is 2. The summed E-state index contributed by atoms with van der Waals surface area (Å²) in [5, 5.41) is 9.37. The Morgan fingerprint density at radius 3 is 2.35 bits per heavy atom. The molecule has 0 bridgehead atoms. The molecule has 0 spiro atoms. The molecule has 0 saturated heterocycles. The number of aryl methyl sites for hydroxylation is 2. The van der Waals surface area contributed by atoms with Crippen LogP contribution in [0, 0.1) is 31.0 Å². The molecule has 116 valence electrons. The first-order chi connectivity index (χ1) is 10.9. The number of rotatable bonds is 2. The highest BCUT2D eigenvalue weighted by Gasteiger charge is 2.24. The van der Waals surface area contributed by atoms with Crippen LogP contribution in [0.4, 0.5) is 4.39 Å². The van der Waals surface area contributed by atoms with Gasteiger partial charge >= 0.3 is 0 Å². The fourth-order valence-electron chi connectivity index (χ4n) is 2.60. The maximum Gasteiger partial charge on any atom is 0.268 e. The smallest absolute Gasteiger partial charge is 0.237 e. The molecule has 0 aliphatic heterocycles. The highest BCUT2D eigenvalue weighted by Crippen LogP contribution is 2.29. The summed E-state index contributed by atoms with van der Waals surface area (Å²) in [7, 11) is -3.92. The van der Waals surface area contributed by atoms with Crippen LogP contribution in [0.15, 0.2) is 47.4 Å². The molecule has 0 fully saturated rings. The Morgan fingerprint density at radius 1 is 1.09 bits per heavy atom. The van der Waals surface area contributed by atoms with Gasteiger partial charge in [0, 0.05) is 11.1 Å². The van der Waals surface area contributed by atoms with Crippen molar-refractivity contribution in [2.24, 2.45) is 0 Å². The lowest BCUT2D eigenvalue weighted by atomic mass is 10.1. The molecule has 0 saturated carbocycles. The van der Waals surface area contributed by atoms with Crippen molar-refractivity contribution in [3.63, 3.8) is 0 Å². The van der Waals surface area contributed by atoms with Gasteiger partial charge in [0.1, 0.15) is 11.9 Å². The number of hydrogen-bond donors (Lipinski definition) is 0. The van der Waals surface area contributed by atoms with E-state index in [0.29, 0.717) is 5.69 Å². The summed E-state index contributed by atoms with van der Waals surface area (Å²) >= 11 is 0. The molecule has 1 heterocycles. The second-order valence-corrected chi connectivity index (χ2v) is 7.12. The Morgan fingerprint density at radius 2 is 1.74 bits per heavy atom. The van der Waals surface area contributed by atoms with Crippen molar-refractivity contribution in [1.82, 2.24) is 3.97 Å². The number of fused-ring (bicyclic) bond motifs is 1. The topological polar surface area (TPSA) is 62.9 Å². The van der Waals surface area contributed by atoms with Crippen LogP contribution in [-0.2, 0) is 10.0 Å². The maximum atomic E-state index is 14.0. The molecule has 0 atom stereocenters. The Bertz CT molecular complexity index is 1060. The highest BCUT2D eigenvalue weighted by atomic mass is 32.2. The van der Waals surface area contributed by atoms with Gasteiger partial charge in [-0.15, -0.1) is 0 Å². The van der Waals surface area contributed by atoms with Crippen molar-refractivity contribution in [2.45, 2.75) is 18.7 Å². The van der Waals surface area contributed by atoms with Crippen molar-refractivity contribution in [3.05, 3.63) is 65.1 Å². The Balaban J connectivity index is 2.40. The summed E-state index contributed by atoms with van der Waals surface area (Å²) in [6.07, 6.45) is 0. The van der Waals surface area contributed by atoms with Gasteiger partial charge in [0.25, 0.3) is 10.0 Å². The molecule has 0 unspecified atom stereocenters. The number of benzene rings is 2. The highest BCUT2D eigenvalue weighted by molar-refractivity contribution is 7.90. The number of halogens is 1. The summed E-state index contributed by atoms with van der Waals surface area (Å²) < 4.78 is 41.0. The van der Waals surface area contributed by atoms with E-state index < -0.39 is 15.8 Å².